The van der Waals surface area contributed by atoms with Gasteiger partial charge in [-0.25, -0.2) is 4.99 Å². The second kappa shape index (κ2) is 11.5. The van der Waals surface area contributed by atoms with Crippen molar-refractivity contribution in [3.8, 4) is 6.07 Å². The zero-order valence-electron chi connectivity index (χ0n) is 21.2. The molecule has 2 atom stereocenters. The van der Waals surface area contributed by atoms with Crippen LogP contribution in [0.4, 0.5) is 0 Å². The van der Waals surface area contributed by atoms with Crippen LogP contribution in [0.1, 0.15) is 41.9 Å². The first-order valence-electron chi connectivity index (χ1n) is 13.0. The van der Waals surface area contributed by atoms with Gasteiger partial charge in [0.25, 0.3) is 0 Å². The zero-order chi connectivity index (χ0) is 25.8. The smallest absolute Gasteiger partial charge is 0.233 e. The summed E-state index contributed by atoms with van der Waals surface area (Å²) in [6.07, 6.45) is 2.03. The van der Waals surface area contributed by atoms with Gasteiger partial charge < -0.3 is 4.90 Å². The van der Waals surface area contributed by atoms with Crippen molar-refractivity contribution in [2.45, 2.75) is 38.6 Å². The third-order valence-electron chi connectivity index (χ3n) is 7.48. The number of ketones is 1. The Balaban J connectivity index is 1.26. The maximum Gasteiger partial charge on any atom is 0.233 e. The number of carbonyl (C=O) groups is 2. The van der Waals surface area contributed by atoms with Gasteiger partial charge in [-0.3, -0.25) is 14.5 Å². The van der Waals surface area contributed by atoms with Crippen LogP contribution in [-0.2, 0) is 16.1 Å². The van der Waals surface area contributed by atoms with Crippen molar-refractivity contribution < 1.29 is 9.59 Å². The fourth-order valence-electron chi connectivity index (χ4n) is 5.44. The van der Waals surface area contributed by atoms with E-state index in [1.807, 2.05) is 42.2 Å². The highest BCUT2D eigenvalue weighted by Gasteiger charge is 2.40. The molecular formula is C30H32N4O2S. The maximum atomic E-state index is 13.1. The number of benzene rings is 2. The Kier molecular flexibility index (Phi) is 7.87. The Morgan fingerprint density at radius 3 is 2.49 bits per heavy atom. The number of hydrogen-bond donors (Lipinski definition) is 0. The van der Waals surface area contributed by atoms with Crippen molar-refractivity contribution in [3.05, 3.63) is 82.6 Å². The van der Waals surface area contributed by atoms with Gasteiger partial charge in [-0.2, -0.15) is 5.26 Å². The van der Waals surface area contributed by atoms with E-state index in [1.165, 1.54) is 17.3 Å². The average Bonchev–Trinajstić information content (AvgIpc) is 2.92. The molecule has 37 heavy (non-hydrogen) atoms. The predicted octanol–water partition coefficient (Wildman–Crippen LogP) is 4.72. The standard InChI is InChI=1S/C30H32N4O2S/c1-21-10-12-23(13-11-21)28-24(18-31)30(32-25-8-5-9-26(35)29(25)28)37-20-27(36)34-16-14-33(15-17-34)19-22-6-3-2-4-7-22/h2-4,6-7,10-13,24,28H,5,8-9,14-17,19-20H2,1H3/t24?,28-/m1/s1. The number of carbonyl (C=O) groups excluding carboxylic acids is 2. The van der Waals surface area contributed by atoms with E-state index in [1.54, 1.807) is 0 Å². The lowest BCUT2D eigenvalue weighted by Gasteiger charge is -2.35. The molecule has 0 bridgehead atoms. The summed E-state index contributed by atoms with van der Waals surface area (Å²) in [4.78, 5) is 35.2. The summed E-state index contributed by atoms with van der Waals surface area (Å²) in [6.45, 7) is 6.03. The van der Waals surface area contributed by atoms with Crippen LogP contribution in [0.2, 0.25) is 0 Å². The zero-order valence-corrected chi connectivity index (χ0v) is 22.0. The first-order valence-corrected chi connectivity index (χ1v) is 14.0. The van der Waals surface area contributed by atoms with E-state index in [0.717, 1.165) is 49.3 Å². The molecule has 6 nitrogen and oxygen atoms in total. The lowest BCUT2D eigenvalue weighted by molar-refractivity contribution is -0.130. The molecular weight excluding hydrogens is 480 g/mol. The largest absolute Gasteiger partial charge is 0.339 e. The molecule has 2 aromatic rings. The molecule has 3 aliphatic rings. The molecule has 2 heterocycles. The normalized spacial score (nSPS) is 22.3. The minimum absolute atomic E-state index is 0.0788. The van der Waals surface area contributed by atoms with Gasteiger partial charge in [-0.15, -0.1) is 0 Å². The van der Waals surface area contributed by atoms with Gasteiger partial charge in [0.15, 0.2) is 5.78 Å². The number of piperazine rings is 1. The number of Topliss-reactive ketones (excluding diaryl/α,β-unsaturated/α-hetero) is 1. The van der Waals surface area contributed by atoms with Crippen LogP contribution in [-0.4, -0.2) is 58.5 Å². The molecule has 1 fully saturated rings. The molecule has 1 unspecified atom stereocenters. The number of rotatable bonds is 5. The SMILES string of the molecule is Cc1ccc([C@H]2C3=C(CCCC3=O)N=C(SCC(=O)N3CCN(Cc4ccccc4)CC3)C2C#N)cc1. The Morgan fingerprint density at radius 1 is 1.05 bits per heavy atom. The van der Waals surface area contributed by atoms with Gasteiger partial charge in [0.05, 0.1) is 16.9 Å². The monoisotopic (exact) mass is 512 g/mol. The van der Waals surface area contributed by atoms with Crippen LogP contribution in [0.3, 0.4) is 0 Å². The van der Waals surface area contributed by atoms with Crippen LogP contribution < -0.4 is 0 Å². The van der Waals surface area contributed by atoms with E-state index in [4.69, 9.17) is 4.99 Å². The number of nitriles is 1. The summed E-state index contributed by atoms with van der Waals surface area (Å²) >= 11 is 1.37. The summed E-state index contributed by atoms with van der Waals surface area (Å²) < 4.78 is 0. The maximum absolute atomic E-state index is 13.1. The van der Waals surface area contributed by atoms with E-state index >= 15 is 0 Å². The predicted molar refractivity (Wildman–Crippen MR) is 147 cm³/mol. The highest BCUT2D eigenvalue weighted by atomic mass is 32.2. The topological polar surface area (TPSA) is 76.8 Å². The van der Waals surface area contributed by atoms with Crippen LogP contribution >= 0.6 is 11.8 Å². The first kappa shape index (κ1) is 25.4. The average molecular weight is 513 g/mol. The van der Waals surface area contributed by atoms with Gasteiger partial charge in [0, 0.05) is 56.3 Å². The number of hydrogen-bond acceptors (Lipinski definition) is 6. The van der Waals surface area contributed by atoms with Crippen LogP contribution in [0, 0.1) is 24.2 Å². The number of aliphatic imine (C=N–C) groups is 1. The third-order valence-corrected chi connectivity index (χ3v) is 8.51. The van der Waals surface area contributed by atoms with Crippen molar-refractivity contribution in [3.63, 3.8) is 0 Å². The Hall–Kier alpha value is -3.21. The molecule has 190 valence electrons. The van der Waals surface area contributed by atoms with Gasteiger partial charge in [-0.1, -0.05) is 71.9 Å². The van der Waals surface area contributed by atoms with Crippen molar-refractivity contribution in [2.24, 2.45) is 10.9 Å². The van der Waals surface area contributed by atoms with Gasteiger partial charge in [0.1, 0.15) is 5.92 Å². The van der Waals surface area contributed by atoms with Crippen molar-refractivity contribution >= 4 is 28.5 Å². The molecule has 7 heteroatoms. The molecule has 1 aliphatic carbocycles. The summed E-state index contributed by atoms with van der Waals surface area (Å²) in [6, 6.07) is 20.9. The molecule has 1 saturated heterocycles. The quantitative estimate of drug-likeness (QED) is 0.580. The Bertz CT molecular complexity index is 1250. The molecule has 0 aromatic heterocycles. The van der Waals surface area contributed by atoms with Crippen LogP contribution in [0.25, 0.3) is 0 Å². The molecule has 0 spiro atoms. The van der Waals surface area contributed by atoms with Crippen molar-refractivity contribution in [2.75, 3.05) is 31.9 Å². The van der Waals surface area contributed by atoms with Gasteiger partial charge in [-0.05, 0) is 30.9 Å². The second-order valence-corrected chi connectivity index (χ2v) is 11.0. The van der Waals surface area contributed by atoms with Gasteiger partial charge >= 0.3 is 0 Å². The van der Waals surface area contributed by atoms with Crippen molar-refractivity contribution in [1.82, 2.24) is 9.80 Å². The van der Waals surface area contributed by atoms with E-state index in [9.17, 15) is 14.9 Å². The number of aryl methyl sites for hydroxylation is 1. The van der Waals surface area contributed by atoms with Crippen LogP contribution in [0.15, 0.2) is 70.9 Å². The molecule has 2 aromatic carbocycles. The molecule has 0 radical (unpaired) electrons. The Labute approximate surface area is 223 Å². The van der Waals surface area contributed by atoms with E-state index in [-0.39, 0.29) is 23.4 Å². The summed E-state index contributed by atoms with van der Waals surface area (Å²) in [7, 11) is 0. The third kappa shape index (κ3) is 5.71. The van der Waals surface area contributed by atoms with Crippen molar-refractivity contribution in [1.29, 1.82) is 5.26 Å². The first-order chi connectivity index (χ1) is 18.0. The fraction of sp³-hybridized carbons (Fsp3) is 0.400. The Morgan fingerprint density at radius 2 is 1.78 bits per heavy atom. The molecule has 2 aliphatic heterocycles. The van der Waals surface area contributed by atoms with E-state index < -0.39 is 5.92 Å². The highest BCUT2D eigenvalue weighted by molar-refractivity contribution is 8.14. The van der Waals surface area contributed by atoms with Gasteiger partial charge in [0.2, 0.25) is 5.91 Å². The number of thioether (sulfide) groups is 1. The highest BCUT2D eigenvalue weighted by Crippen LogP contribution is 2.44. The molecule has 1 amide bonds. The minimum Gasteiger partial charge on any atom is -0.339 e. The molecule has 0 N–H and O–H groups in total. The summed E-state index contributed by atoms with van der Waals surface area (Å²) in [5, 5.41) is 10.9. The number of amides is 1. The fourth-order valence-corrected chi connectivity index (χ4v) is 6.43. The second-order valence-electron chi connectivity index (χ2n) is 10.0. The lowest BCUT2D eigenvalue weighted by atomic mass is 9.74. The summed E-state index contributed by atoms with van der Waals surface area (Å²) in [5.41, 5.74) is 4.89. The lowest BCUT2D eigenvalue weighted by Crippen LogP contribution is -2.49. The van der Waals surface area contributed by atoms with E-state index in [0.29, 0.717) is 30.1 Å². The molecule has 5 rings (SSSR count). The minimum atomic E-state index is -0.566. The molecule has 0 saturated carbocycles. The summed E-state index contributed by atoms with van der Waals surface area (Å²) in [5.74, 6) is -0.458. The number of allylic oxidation sites excluding steroid dienone is 2. The van der Waals surface area contributed by atoms with E-state index in [2.05, 4.69) is 35.2 Å². The van der Waals surface area contributed by atoms with Crippen LogP contribution in [0.5, 0.6) is 0 Å². The number of nitrogens with zero attached hydrogens (tertiary/aromatic N) is 4.